The molecule has 2 unspecified atom stereocenters. The van der Waals surface area contributed by atoms with Crippen LogP contribution in [0.25, 0.3) is 0 Å². The highest BCUT2D eigenvalue weighted by Crippen LogP contribution is 2.45. The van der Waals surface area contributed by atoms with E-state index in [0.717, 1.165) is 0 Å². The van der Waals surface area contributed by atoms with Gasteiger partial charge in [0.15, 0.2) is 5.82 Å². The van der Waals surface area contributed by atoms with Crippen molar-refractivity contribution >= 4 is 23.8 Å². The first-order valence-electron chi connectivity index (χ1n) is 6.45. The van der Waals surface area contributed by atoms with Crippen LogP contribution in [-0.4, -0.2) is 42.8 Å². The van der Waals surface area contributed by atoms with Gasteiger partial charge >= 0.3 is 0 Å². The molecule has 1 N–H and O–H groups in total. The number of amides is 1. The number of hydrogen-bond donors (Lipinski definition) is 1. The topological polar surface area (TPSA) is 49.4 Å². The van der Waals surface area contributed by atoms with Crippen LogP contribution in [0.15, 0.2) is 18.2 Å². The predicted molar refractivity (Wildman–Crippen MR) is 71.8 cm³/mol. The minimum absolute atomic E-state index is 0.0181. The fourth-order valence-electron chi connectivity index (χ4n) is 2.99. The molecule has 6 heteroatoms. The zero-order valence-corrected chi connectivity index (χ0v) is 11.4. The molecule has 1 amide bonds. The van der Waals surface area contributed by atoms with Crippen LogP contribution in [0, 0.1) is 17.7 Å². The second-order valence-electron chi connectivity index (χ2n) is 5.19. The fourth-order valence-corrected chi connectivity index (χ4v) is 3.17. The normalized spacial score (nSPS) is 27.3. The number of nitrogens with zero attached hydrogens (tertiary/aromatic N) is 1. The third-order valence-electron chi connectivity index (χ3n) is 4.07. The van der Waals surface area contributed by atoms with Crippen LogP contribution in [0.5, 0.6) is 0 Å². The van der Waals surface area contributed by atoms with Crippen molar-refractivity contribution in [1.82, 2.24) is 10.2 Å². The molecule has 2 aliphatic rings. The number of carbonyl (C=O) groups is 1. The Bertz CT molecular complexity index is 554. The van der Waals surface area contributed by atoms with Crippen LogP contribution in [0.1, 0.15) is 10.4 Å². The molecule has 0 bridgehead atoms. The lowest BCUT2D eigenvalue weighted by Gasteiger charge is -2.20. The maximum Gasteiger partial charge on any atom is 0.256 e. The van der Waals surface area contributed by atoms with Gasteiger partial charge in [0.05, 0.1) is 17.1 Å². The van der Waals surface area contributed by atoms with Gasteiger partial charge in [-0.2, -0.15) is 0 Å². The number of rotatable bonds is 4. The summed E-state index contributed by atoms with van der Waals surface area (Å²) < 4.78 is 13.8. The van der Waals surface area contributed by atoms with Gasteiger partial charge in [0.2, 0.25) is 6.29 Å². The molecule has 0 spiro atoms. The summed E-state index contributed by atoms with van der Waals surface area (Å²) in [5.74, 6) is -0.271. The molecule has 0 aromatic heterocycles. The summed E-state index contributed by atoms with van der Waals surface area (Å²) in [5, 5.41) is 3.03. The van der Waals surface area contributed by atoms with Gasteiger partial charge in [0.1, 0.15) is 0 Å². The molecule has 1 saturated carbocycles. The molecular formula is C14H13ClFN2O2. The number of fused-ring (bicyclic) bond motifs is 1. The van der Waals surface area contributed by atoms with Crippen LogP contribution in [0.4, 0.5) is 4.39 Å². The quantitative estimate of drug-likeness (QED) is 0.909. The first kappa shape index (κ1) is 13.5. The highest BCUT2D eigenvalue weighted by atomic mass is 35.5. The third kappa shape index (κ3) is 2.21. The van der Waals surface area contributed by atoms with Gasteiger partial charge < -0.3 is 10.2 Å². The van der Waals surface area contributed by atoms with Crippen molar-refractivity contribution in [3.63, 3.8) is 0 Å². The Morgan fingerprint density at radius 1 is 1.45 bits per heavy atom. The van der Waals surface area contributed by atoms with Crippen LogP contribution >= 0.6 is 11.6 Å². The van der Waals surface area contributed by atoms with Crippen molar-refractivity contribution in [1.29, 1.82) is 0 Å². The lowest BCUT2D eigenvalue weighted by molar-refractivity contribution is 0.0766. The summed E-state index contributed by atoms with van der Waals surface area (Å²) in [7, 11) is 0. The van der Waals surface area contributed by atoms with E-state index in [4.69, 9.17) is 11.6 Å². The summed E-state index contributed by atoms with van der Waals surface area (Å²) in [4.78, 5) is 24.1. The highest BCUT2D eigenvalue weighted by molar-refractivity contribution is 6.31. The van der Waals surface area contributed by atoms with Crippen molar-refractivity contribution in [2.45, 2.75) is 6.04 Å². The van der Waals surface area contributed by atoms with Crippen LogP contribution < -0.4 is 5.32 Å². The van der Waals surface area contributed by atoms with Gasteiger partial charge in [-0.15, -0.1) is 0 Å². The Labute approximate surface area is 120 Å². The molecule has 1 aromatic rings. The number of benzene rings is 1. The summed E-state index contributed by atoms with van der Waals surface area (Å²) in [6, 6.07) is 4.72. The number of likely N-dealkylation sites (tertiary alicyclic amines) is 1. The highest BCUT2D eigenvalue weighted by Gasteiger charge is 2.56. The zero-order chi connectivity index (χ0) is 14.3. The predicted octanol–water partition coefficient (Wildman–Crippen LogP) is 1.25. The summed E-state index contributed by atoms with van der Waals surface area (Å²) >= 11 is 5.69. The molecule has 2 fully saturated rings. The first-order chi connectivity index (χ1) is 9.63. The number of nitrogens with one attached hydrogen (secondary N) is 1. The molecule has 1 heterocycles. The number of carbonyl (C=O) groups excluding carboxylic acids is 2. The second kappa shape index (κ2) is 5.14. The van der Waals surface area contributed by atoms with E-state index in [1.54, 1.807) is 17.3 Å². The molecule has 3 rings (SSSR count). The molecule has 1 radical (unpaired) electrons. The number of hydrogen-bond acceptors (Lipinski definition) is 3. The molecule has 2 atom stereocenters. The van der Waals surface area contributed by atoms with Crippen LogP contribution in [-0.2, 0) is 4.79 Å². The second-order valence-corrected chi connectivity index (χ2v) is 5.60. The minimum Gasteiger partial charge on any atom is -0.338 e. The van der Waals surface area contributed by atoms with Gasteiger partial charge in [0.25, 0.3) is 5.91 Å². The largest absolute Gasteiger partial charge is 0.338 e. The third-order valence-corrected chi connectivity index (χ3v) is 4.37. The SMILES string of the molecule is O=[C]CNC1C2CN(C(=O)c3cccc(Cl)c3F)CC21. The Kier molecular flexibility index (Phi) is 3.48. The first-order valence-corrected chi connectivity index (χ1v) is 6.83. The molecule has 1 saturated heterocycles. The summed E-state index contributed by atoms with van der Waals surface area (Å²) in [6.45, 7) is 1.40. The number of piperidine rings is 1. The zero-order valence-electron chi connectivity index (χ0n) is 10.6. The van der Waals surface area contributed by atoms with Crippen LogP contribution in [0.3, 0.4) is 0 Å². The van der Waals surface area contributed by atoms with E-state index in [9.17, 15) is 14.0 Å². The molecule has 4 nitrogen and oxygen atoms in total. The maximum atomic E-state index is 13.8. The Morgan fingerprint density at radius 2 is 2.15 bits per heavy atom. The van der Waals surface area contributed by atoms with E-state index in [-0.39, 0.29) is 29.1 Å². The van der Waals surface area contributed by atoms with E-state index in [2.05, 4.69) is 5.32 Å². The Hall–Kier alpha value is -1.46. The van der Waals surface area contributed by atoms with Crippen molar-refractivity contribution < 1.29 is 14.0 Å². The average Bonchev–Trinajstić information content (AvgIpc) is 2.89. The van der Waals surface area contributed by atoms with Crippen molar-refractivity contribution in [3.05, 3.63) is 34.6 Å². The van der Waals surface area contributed by atoms with E-state index >= 15 is 0 Å². The molecular weight excluding hydrogens is 283 g/mol. The van der Waals surface area contributed by atoms with E-state index in [0.29, 0.717) is 24.9 Å². The van der Waals surface area contributed by atoms with Crippen molar-refractivity contribution in [2.24, 2.45) is 11.8 Å². The van der Waals surface area contributed by atoms with E-state index < -0.39 is 5.82 Å². The molecule has 20 heavy (non-hydrogen) atoms. The van der Waals surface area contributed by atoms with E-state index in [1.807, 2.05) is 0 Å². The molecule has 1 aromatic carbocycles. The smallest absolute Gasteiger partial charge is 0.256 e. The van der Waals surface area contributed by atoms with Crippen LogP contribution in [0.2, 0.25) is 5.02 Å². The molecule has 1 aliphatic carbocycles. The number of halogens is 2. The van der Waals surface area contributed by atoms with Gasteiger partial charge in [-0.05, 0) is 24.0 Å². The standard InChI is InChI=1S/C14H13ClFN2O2/c15-11-3-1-2-8(12(11)16)14(20)18-6-9-10(7-18)13(9)17-4-5-19/h1-3,9-10,13,17H,4,6-7H2. The monoisotopic (exact) mass is 295 g/mol. The fraction of sp³-hybridized carbons (Fsp3) is 0.429. The van der Waals surface area contributed by atoms with Crippen molar-refractivity contribution in [3.8, 4) is 0 Å². The lowest BCUT2D eigenvalue weighted by atomic mass is 10.2. The lowest BCUT2D eigenvalue weighted by Crippen LogP contribution is -2.36. The minimum atomic E-state index is -0.662. The summed E-state index contributed by atoms with van der Waals surface area (Å²) in [5.41, 5.74) is 0.0181. The van der Waals surface area contributed by atoms with E-state index in [1.165, 1.54) is 12.1 Å². The summed E-state index contributed by atoms with van der Waals surface area (Å²) in [6.07, 6.45) is 1.80. The average molecular weight is 296 g/mol. The molecule has 105 valence electrons. The molecule has 1 aliphatic heterocycles. The van der Waals surface area contributed by atoms with Gasteiger partial charge in [-0.3, -0.25) is 9.59 Å². The van der Waals surface area contributed by atoms with Gasteiger partial charge in [-0.25, -0.2) is 4.39 Å². The van der Waals surface area contributed by atoms with Gasteiger partial charge in [-0.1, -0.05) is 17.7 Å². The maximum absolute atomic E-state index is 13.8. The van der Waals surface area contributed by atoms with Crippen molar-refractivity contribution in [2.75, 3.05) is 19.6 Å². The Morgan fingerprint density at radius 3 is 2.80 bits per heavy atom. The van der Waals surface area contributed by atoms with Gasteiger partial charge in [0, 0.05) is 19.1 Å². The Balaban J connectivity index is 1.64.